The highest BCUT2D eigenvalue weighted by atomic mass is 35.5. The van der Waals surface area contributed by atoms with Crippen LogP contribution in [0.15, 0.2) is 61.1 Å². The lowest BCUT2D eigenvalue weighted by Crippen LogP contribution is -2.00. The zero-order valence-corrected chi connectivity index (χ0v) is 15.5. The fourth-order valence-electron chi connectivity index (χ4n) is 3.01. The minimum atomic E-state index is -0.507. The number of ether oxygens (including phenoxy) is 1. The predicted molar refractivity (Wildman–Crippen MR) is 107 cm³/mol. The summed E-state index contributed by atoms with van der Waals surface area (Å²) in [7, 11) is 1.59. The molecule has 2 aromatic heterocycles. The molecule has 2 aromatic carbocycles. The second-order valence-corrected chi connectivity index (χ2v) is 6.45. The minimum absolute atomic E-state index is 0.00318. The lowest BCUT2D eigenvalue weighted by Gasteiger charge is -2.15. The number of nitriles is 1. The van der Waals surface area contributed by atoms with E-state index in [0.717, 1.165) is 11.1 Å². The van der Waals surface area contributed by atoms with E-state index in [1.165, 1.54) is 18.3 Å². The first-order chi connectivity index (χ1) is 13.6. The van der Waals surface area contributed by atoms with E-state index < -0.39 is 5.82 Å². The predicted octanol–water partition coefficient (Wildman–Crippen LogP) is 5.44. The number of nitrogens with one attached hydrogen (secondary N) is 1. The second-order valence-electron chi connectivity index (χ2n) is 6.04. The van der Waals surface area contributed by atoms with Gasteiger partial charge in [0, 0.05) is 35.7 Å². The minimum Gasteiger partial charge on any atom is -0.494 e. The molecule has 0 atom stereocenters. The van der Waals surface area contributed by atoms with Crippen LogP contribution in [0.5, 0.6) is 5.75 Å². The highest BCUT2D eigenvalue weighted by Crippen LogP contribution is 2.35. The maximum Gasteiger partial charge on any atom is 0.145 e. The van der Waals surface area contributed by atoms with Crippen LogP contribution in [0, 0.1) is 17.1 Å². The SMILES string of the molecule is COc1cc2ncc(C#N)c(Nc3ccc(F)c(Cl)c3)c2cc1-n1cccc1. The van der Waals surface area contributed by atoms with E-state index in [0.29, 0.717) is 28.2 Å². The zero-order chi connectivity index (χ0) is 19.7. The fraction of sp³-hybridized carbons (Fsp3) is 0.0476. The first kappa shape index (κ1) is 17.8. The van der Waals surface area contributed by atoms with Crippen molar-refractivity contribution >= 4 is 33.9 Å². The summed E-state index contributed by atoms with van der Waals surface area (Å²) in [5.41, 5.74) is 2.94. The quantitative estimate of drug-likeness (QED) is 0.502. The van der Waals surface area contributed by atoms with Gasteiger partial charge in [0.1, 0.15) is 17.6 Å². The monoisotopic (exact) mass is 392 g/mol. The molecule has 5 nitrogen and oxygen atoms in total. The molecule has 2 heterocycles. The number of hydrogen-bond acceptors (Lipinski definition) is 4. The number of aromatic nitrogens is 2. The Morgan fingerprint density at radius 2 is 2.00 bits per heavy atom. The van der Waals surface area contributed by atoms with Crippen molar-refractivity contribution in [1.29, 1.82) is 5.26 Å². The Kier molecular flexibility index (Phi) is 4.60. The summed E-state index contributed by atoms with van der Waals surface area (Å²) in [5.74, 6) is 0.142. The summed E-state index contributed by atoms with van der Waals surface area (Å²) in [6, 6.07) is 14.0. The van der Waals surface area contributed by atoms with Gasteiger partial charge in [0.2, 0.25) is 0 Å². The fourth-order valence-corrected chi connectivity index (χ4v) is 3.19. The van der Waals surface area contributed by atoms with Crippen molar-refractivity contribution in [3.05, 3.63) is 77.5 Å². The highest BCUT2D eigenvalue weighted by Gasteiger charge is 2.15. The smallest absolute Gasteiger partial charge is 0.145 e. The number of nitrogens with zero attached hydrogens (tertiary/aromatic N) is 3. The van der Waals surface area contributed by atoms with Gasteiger partial charge in [0.25, 0.3) is 0 Å². The Morgan fingerprint density at radius 1 is 1.21 bits per heavy atom. The normalized spacial score (nSPS) is 10.6. The van der Waals surface area contributed by atoms with E-state index in [9.17, 15) is 9.65 Å². The molecule has 0 aliphatic rings. The van der Waals surface area contributed by atoms with Gasteiger partial charge in [-0.3, -0.25) is 4.98 Å². The van der Waals surface area contributed by atoms with Crippen LogP contribution in [0.2, 0.25) is 5.02 Å². The number of benzene rings is 2. The molecule has 7 heteroatoms. The van der Waals surface area contributed by atoms with Gasteiger partial charge in [-0.15, -0.1) is 0 Å². The second kappa shape index (κ2) is 7.22. The number of rotatable bonds is 4. The van der Waals surface area contributed by atoms with Gasteiger partial charge >= 0.3 is 0 Å². The molecule has 0 aliphatic carbocycles. The van der Waals surface area contributed by atoms with E-state index in [-0.39, 0.29) is 5.02 Å². The van der Waals surface area contributed by atoms with Crippen LogP contribution in [0.3, 0.4) is 0 Å². The van der Waals surface area contributed by atoms with Crippen LogP contribution in [0.4, 0.5) is 15.8 Å². The molecule has 0 radical (unpaired) electrons. The largest absolute Gasteiger partial charge is 0.494 e. The van der Waals surface area contributed by atoms with Crippen LogP contribution in [-0.2, 0) is 0 Å². The van der Waals surface area contributed by atoms with Gasteiger partial charge in [0.15, 0.2) is 0 Å². The molecule has 1 N–H and O–H groups in total. The van der Waals surface area contributed by atoms with Crippen molar-refractivity contribution in [2.24, 2.45) is 0 Å². The third-order valence-corrected chi connectivity index (χ3v) is 4.65. The molecular weight excluding hydrogens is 379 g/mol. The van der Waals surface area contributed by atoms with Crippen LogP contribution in [0.1, 0.15) is 5.56 Å². The van der Waals surface area contributed by atoms with E-state index in [1.807, 2.05) is 41.2 Å². The highest BCUT2D eigenvalue weighted by molar-refractivity contribution is 6.31. The van der Waals surface area contributed by atoms with Crippen molar-refractivity contribution in [3.63, 3.8) is 0 Å². The summed E-state index contributed by atoms with van der Waals surface area (Å²) >= 11 is 5.89. The Hall–Kier alpha value is -3.56. The average Bonchev–Trinajstić information content (AvgIpc) is 3.24. The van der Waals surface area contributed by atoms with E-state index in [2.05, 4.69) is 16.4 Å². The van der Waals surface area contributed by atoms with Crippen molar-refractivity contribution in [2.75, 3.05) is 12.4 Å². The summed E-state index contributed by atoms with van der Waals surface area (Å²) in [6.45, 7) is 0. The molecule has 0 saturated heterocycles. The van der Waals surface area contributed by atoms with Gasteiger partial charge in [-0.05, 0) is 36.4 Å². The third kappa shape index (κ3) is 3.13. The van der Waals surface area contributed by atoms with Gasteiger partial charge in [-0.25, -0.2) is 4.39 Å². The molecule has 0 saturated carbocycles. The molecule has 0 aliphatic heterocycles. The zero-order valence-electron chi connectivity index (χ0n) is 14.8. The van der Waals surface area contributed by atoms with Crippen LogP contribution < -0.4 is 10.1 Å². The van der Waals surface area contributed by atoms with Crippen molar-refractivity contribution in [1.82, 2.24) is 9.55 Å². The van der Waals surface area contributed by atoms with Gasteiger partial charge in [-0.2, -0.15) is 5.26 Å². The Balaban J connectivity index is 1.94. The molecule has 4 rings (SSSR count). The average molecular weight is 393 g/mol. The first-order valence-electron chi connectivity index (χ1n) is 8.37. The van der Waals surface area contributed by atoms with Crippen LogP contribution >= 0.6 is 11.6 Å². The van der Waals surface area contributed by atoms with E-state index >= 15 is 0 Å². The van der Waals surface area contributed by atoms with Crippen molar-refractivity contribution < 1.29 is 9.13 Å². The number of hydrogen-bond donors (Lipinski definition) is 1. The van der Waals surface area contributed by atoms with Crippen molar-refractivity contribution in [3.8, 4) is 17.5 Å². The maximum atomic E-state index is 13.5. The molecular formula is C21H14ClFN4O. The number of anilines is 2. The lowest BCUT2D eigenvalue weighted by atomic mass is 10.1. The molecule has 0 spiro atoms. The topological polar surface area (TPSA) is 62.9 Å². The Morgan fingerprint density at radius 3 is 2.68 bits per heavy atom. The number of pyridine rings is 1. The molecule has 28 heavy (non-hydrogen) atoms. The van der Waals surface area contributed by atoms with Gasteiger partial charge in [-0.1, -0.05) is 11.6 Å². The molecule has 0 bridgehead atoms. The number of methoxy groups -OCH3 is 1. The van der Waals surface area contributed by atoms with Crippen LogP contribution in [-0.4, -0.2) is 16.7 Å². The standard InChI is InChI=1S/C21H14ClFN4O/c1-28-20-10-18-15(9-19(20)27-6-2-3-7-27)21(13(11-24)12-25-18)26-14-4-5-17(23)16(22)8-14/h2-10,12H,1H3,(H,25,26). The molecule has 4 aromatic rings. The summed E-state index contributed by atoms with van der Waals surface area (Å²) < 4.78 is 20.9. The molecule has 0 amide bonds. The first-order valence-corrected chi connectivity index (χ1v) is 8.75. The summed E-state index contributed by atoms with van der Waals surface area (Å²) in [6.07, 6.45) is 5.29. The number of halogens is 2. The van der Waals surface area contributed by atoms with E-state index in [1.54, 1.807) is 13.2 Å². The third-order valence-electron chi connectivity index (χ3n) is 4.36. The maximum absolute atomic E-state index is 13.5. The molecule has 0 fully saturated rings. The number of fused-ring (bicyclic) bond motifs is 1. The molecule has 138 valence electrons. The Labute approximate surface area is 165 Å². The van der Waals surface area contributed by atoms with Crippen LogP contribution in [0.25, 0.3) is 16.6 Å². The summed E-state index contributed by atoms with van der Waals surface area (Å²) in [4.78, 5) is 4.38. The Bertz CT molecular complexity index is 1220. The lowest BCUT2D eigenvalue weighted by molar-refractivity contribution is 0.413. The van der Waals surface area contributed by atoms with Gasteiger partial charge < -0.3 is 14.6 Å². The van der Waals surface area contributed by atoms with Crippen molar-refractivity contribution in [2.45, 2.75) is 0 Å². The molecule has 0 unspecified atom stereocenters. The van der Waals surface area contributed by atoms with E-state index in [4.69, 9.17) is 16.3 Å². The summed E-state index contributed by atoms with van der Waals surface area (Å²) in [5, 5.41) is 13.5. The van der Waals surface area contributed by atoms with Gasteiger partial charge in [0.05, 0.1) is 34.6 Å².